The Kier molecular flexibility index (Phi) is 7.22. The first kappa shape index (κ1) is 24.5. The molecular weight excluding hydrogens is 440 g/mol. The number of oxime groups is 1. The van der Waals surface area contributed by atoms with Crippen LogP contribution in [0.2, 0.25) is 0 Å². The molecule has 6 nitrogen and oxygen atoms in total. The normalized spacial score (nSPS) is 12.8. The molecule has 0 bridgehead atoms. The zero-order chi connectivity index (χ0) is 25.1. The van der Waals surface area contributed by atoms with E-state index in [1.165, 1.54) is 23.4 Å². The molecule has 0 aliphatic carbocycles. The van der Waals surface area contributed by atoms with Crippen molar-refractivity contribution >= 4 is 33.5 Å². The molecule has 1 heterocycles. The first-order valence-corrected chi connectivity index (χ1v) is 11.9. The van der Waals surface area contributed by atoms with E-state index in [1.54, 1.807) is 7.11 Å². The van der Waals surface area contributed by atoms with Gasteiger partial charge in [-0.25, -0.2) is 4.79 Å². The summed E-state index contributed by atoms with van der Waals surface area (Å²) < 4.78 is 13.4. The number of nitrogens with zero attached hydrogens (tertiary/aromatic N) is 2. The van der Waals surface area contributed by atoms with Crippen LogP contribution in [-0.4, -0.2) is 36.1 Å². The summed E-state index contributed by atoms with van der Waals surface area (Å²) in [4.78, 5) is 16.8. The van der Waals surface area contributed by atoms with Crippen LogP contribution >= 0.6 is 0 Å². The molecule has 1 aromatic heterocycles. The van der Waals surface area contributed by atoms with Crippen molar-refractivity contribution in [2.45, 2.75) is 47.3 Å². The van der Waals surface area contributed by atoms with Crippen molar-refractivity contribution in [3.05, 3.63) is 76.9 Å². The van der Waals surface area contributed by atoms with Crippen molar-refractivity contribution in [1.29, 1.82) is 0 Å². The monoisotopic (exact) mass is 472 g/mol. The molecule has 4 aromatic rings. The Morgan fingerprint density at radius 1 is 1.00 bits per heavy atom. The number of fused-ring (bicyclic) bond motifs is 3. The van der Waals surface area contributed by atoms with Crippen LogP contribution in [0.3, 0.4) is 0 Å². The molecule has 35 heavy (non-hydrogen) atoms. The summed E-state index contributed by atoms with van der Waals surface area (Å²) in [5, 5.41) is 6.62. The molecule has 0 fully saturated rings. The summed E-state index contributed by atoms with van der Waals surface area (Å²) in [6, 6.07) is 18.6. The molecule has 4 rings (SSSR count). The molecule has 0 aliphatic rings. The second-order valence-electron chi connectivity index (χ2n) is 8.88. The van der Waals surface area contributed by atoms with Crippen molar-refractivity contribution in [3.8, 4) is 5.75 Å². The third kappa shape index (κ3) is 5.08. The summed E-state index contributed by atoms with van der Waals surface area (Å²) in [7, 11) is 1.65. The minimum Gasteiger partial charge on any atom is -0.488 e. The van der Waals surface area contributed by atoms with Gasteiger partial charge in [0.25, 0.3) is 0 Å². The third-order valence-corrected chi connectivity index (χ3v) is 6.07. The van der Waals surface area contributed by atoms with E-state index < -0.39 is 5.97 Å². The molecule has 1 atom stereocenters. The highest BCUT2D eigenvalue weighted by molar-refractivity contribution is 6.17. The topological polar surface area (TPSA) is 62.1 Å². The van der Waals surface area contributed by atoms with Gasteiger partial charge < -0.3 is 18.9 Å². The van der Waals surface area contributed by atoms with Gasteiger partial charge in [0.2, 0.25) is 0 Å². The van der Waals surface area contributed by atoms with E-state index in [1.807, 2.05) is 38.1 Å². The Labute approximate surface area is 206 Å². The van der Waals surface area contributed by atoms with E-state index in [9.17, 15) is 4.79 Å². The van der Waals surface area contributed by atoms with Gasteiger partial charge in [-0.05, 0) is 75.7 Å². The second-order valence-corrected chi connectivity index (χ2v) is 8.88. The number of carbonyl (C=O) groups excluding carboxylic acids is 1. The Bertz CT molecular complexity index is 1420. The number of hydrogen-bond acceptors (Lipinski definition) is 5. The van der Waals surface area contributed by atoms with Crippen molar-refractivity contribution in [2.75, 3.05) is 13.7 Å². The van der Waals surface area contributed by atoms with Crippen LogP contribution < -0.4 is 4.74 Å². The van der Waals surface area contributed by atoms with Crippen LogP contribution in [0.25, 0.3) is 21.8 Å². The smallest absolute Gasteiger partial charge is 0.332 e. The first-order chi connectivity index (χ1) is 16.8. The minimum absolute atomic E-state index is 0.0684. The quantitative estimate of drug-likeness (QED) is 0.175. The maximum absolute atomic E-state index is 11.6. The van der Waals surface area contributed by atoms with Gasteiger partial charge in [0, 0.05) is 53.5 Å². The van der Waals surface area contributed by atoms with Crippen molar-refractivity contribution in [2.24, 2.45) is 5.16 Å². The number of hydrogen-bond donors (Lipinski definition) is 0. The molecule has 6 heteroatoms. The van der Waals surface area contributed by atoms with Crippen molar-refractivity contribution in [3.63, 3.8) is 0 Å². The number of aromatic nitrogens is 1. The standard InChI is InChI=1S/C29H32N2O4/c1-7-31-27-12-8-18(2)14-25(27)26-16-22(9-13-28(26)31)29(30-35-21(5)32)24-11-10-23(15-19(24)3)34-20(4)17-33-6/h8-16,20H,7,17H2,1-6H3/b30-29+. The molecule has 3 aromatic carbocycles. The number of aryl methyl sites for hydroxylation is 3. The molecule has 0 amide bonds. The molecule has 182 valence electrons. The Morgan fingerprint density at radius 3 is 2.37 bits per heavy atom. The van der Waals surface area contributed by atoms with Gasteiger partial charge in [0.1, 0.15) is 17.6 Å². The number of benzene rings is 3. The summed E-state index contributed by atoms with van der Waals surface area (Å²) in [5.41, 5.74) is 6.88. The fraction of sp³-hybridized carbons (Fsp3) is 0.310. The maximum atomic E-state index is 11.6. The van der Waals surface area contributed by atoms with E-state index in [0.29, 0.717) is 12.3 Å². The van der Waals surface area contributed by atoms with E-state index >= 15 is 0 Å². The van der Waals surface area contributed by atoms with Crippen molar-refractivity contribution < 1.29 is 19.1 Å². The Balaban J connectivity index is 1.84. The first-order valence-electron chi connectivity index (χ1n) is 11.9. The average Bonchev–Trinajstić information content (AvgIpc) is 3.12. The Morgan fingerprint density at radius 2 is 1.71 bits per heavy atom. The van der Waals surface area contributed by atoms with E-state index in [0.717, 1.165) is 39.9 Å². The highest BCUT2D eigenvalue weighted by atomic mass is 16.7. The van der Waals surface area contributed by atoms with Gasteiger partial charge in [0.15, 0.2) is 0 Å². The van der Waals surface area contributed by atoms with Gasteiger partial charge in [-0.1, -0.05) is 22.9 Å². The molecule has 0 N–H and O–H groups in total. The Hall–Kier alpha value is -3.64. The lowest BCUT2D eigenvalue weighted by atomic mass is 9.96. The van der Waals surface area contributed by atoms with Crippen LogP contribution in [0.5, 0.6) is 5.75 Å². The molecule has 0 spiro atoms. The molecule has 1 unspecified atom stereocenters. The van der Waals surface area contributed by atoms with Gasteiger partial charge >= 0.3 is 5.97 Å². The average molecular weight is 473 g/mol. The van der Waals surface area contributed by atoms with Gasteiger partial charge in [-0.2, -0.15) is 0 Å². The van der Waals surface area contributed by atoms with Gasteiger partial charge in [0.05, 0.1) is 6.61 Å². The predicted octanol–water partition coefficient (Wildman–Crippen LogP) is 6.16. The lowest BCUT2D eigenvalue weighted by Gasteiger charge is -2.16. The zero-order valence-electron chi connectivity index (χ0n) is 21.2. The van der Waals surface area contributed by atoms with Crippen LogP contribution in [0, 0.1) is 13.8 Å². The second kappa shape index (κ2) is 10.3. The molecule has 0 saturated carbocycles. The number of methoxy groups -OCH3 is 1. The fourth-order valence-corrected chi connectivity index (χ4v) is 4.55. The molecule has 0 radical (unpaired) electrons. The third-order valence-electron chi connectivity index (χ3n) is 6.07. The number of rotatable bonds is 8. The molecule has 0 aliphatic heterocycles. The summed E-state index contributed by atoms with van der Waals surface area (Å²) in [6.07, 6.45) is -0.0684. The highest BCUT2D eigenvalue weighted by Gasteiger charge is 2.17. The largest absolute Gasteiger partial charge is 0.488 e. The summed E-state index contributed by atoms with van der Waals surface area (Å²) >= 11 is 0. The summed E-state index contributed by atoms with van der Waals surface area (Å²) in [5.74, 6) is 0.285. The van der Waals surface area contributed by atoms with Crippen LogP contribution in [-0.2, 0) is 20.9 Å². The molecular formula is C29H32N2O4. The predicted molar refractivity (Wildman–Crippen MR) is 140 cm³/mol. The van der Waals surface area contributed by atoms with E-state index in [4.69, 9.17) is 14.3 Å². The SMILES string of the molecule is CCn1c2ccc(C)cc2c2cc(/C(=N\OC(C)=O)c3ccc(OC(C)COC)cc3C)ccc21. The highest BCUT2D eigenvalue weighted by Crippen LogP contribution is 2.32. The van der Waals surface area contributed by atoms with Gasteiger partial charge in [-0.15, -0.1) is 0 Å². The van der Waals surface area contributed by atoms with Crippen LogP contribution in [0.15, 0.2) is 59.8 Å². The van der Waals surface area contributed by atoms with Crippen LogP contribution in [0.4, 0.5) is 0 Å². The van der Waals surface area contributed by atoms with Gasteiger partial charge in [-0.3, -0.25) is 0 Å². The number of ether oxygens (including phenoxy) is 2. The maximum Gasteiger partial charge on any atom is 0.332 e. The summed E-state index contributed by atoms with van der Waals surface area (Å²) in [6.45, 7) is 10.9. The van der Waals surface area contributed by atoms with Crippen molar-refractivity contribution in [1.82, 2.24) is 4.57 Å². The number of carbonyl (C=O) groups is 1. The zero-order valence-corrected chi connectivity index (χ0v) is 21.2. The lowest BCUT2D eigenvalue weighted by Crippen LogP contribution is -2.18. The molecule has 0 saturated heterocycles. The minimum atomic E-state index is -0.465. The van der Waals surface area contributed by atoms with E-state index in [2.05, 4.69) is 53.9 Å². The van der Waals surface area contributed by atoms with Crippen LogP contribution in [0.1, 0.15) is 43.0 Å². The fourth-order valence-electron chi connectivity index (χ4n) is 4.55. The lowest BCUT2D eigenvalue weighted by molar-refractivity contribution is -0.140. The van der Waals surface area contributed by atoms with E-state index in [-0.39, 0.29) is 6.10 Å².